The van der Waals surface area contributed by atoms with Crippen LogP contribution in [0.5, 0.6) is 0 Å². The average Bonchev–Trinajstić information content (AvgIpc) is 3.47. The molecule has 0 aliphatic rings. The summed E-state index contributed by atoms with van der Waals surface area (Å²) < 4.78 is 44.1. The van der Waals surface area contributed by atoms with Gasteiger partial charge >= 0.3 is 13.6 Å². The van der Waals surface area contributed by atoms with E-state index < -0.39 is 19.7 Å². The predicted octanol–water partition coefficient (Wildman–Crippen LogP) is 9.26. The Kier molecular flexibility index (Phi) is 8.39. The minimum Gasteiger partial charge on any atom is -0.478 e. The summed E-state index contributed by atoms with van der Waals surface area (Å²) in [5, 5.41) is 13.9. The summed E-state index contributed by atoms with van der Waals surface area (Å²) >= 11 is 4.84. The van der Waals surface area contributed by atoms with Crippen molar-refractivity contribution >= 4 is 62.4 Å². The van der Waals surface area contributed by atoms with Gasteiger partial charge in [-0.2, -0.15) is 0 Å². The Labute approximate surface area is 240 Å². The van der Waals surface area contributed by atoms with Crippen molar-refractivity contribution in [1.82, 2.24) is 4.98 Å². The summed E-state index contributed by atoms with van der Waals surface area (Å²) in [6.45, 7) is 0.384. The Morgan fingerprint density at radius 1 is 1.00 bits per heavy atom. The van der Waals surface area contributed by atoms with Crippen molar-refractivity contribution in [2.45, 2.75) is 12.7 Å². The highest BCUT2D eigenvalue weighted by Crippen LogP contribution is 2.53. The number of carboxylic acid groups (broad SMARTS) is 1. The molecule has 0 saturated carbocycles. The summed E-state index contributed by atoms with van der Waals surface area (Å²) in [5.74, 6) is -0.998. The van der Waals surface area contributed by atoms with Gasteiger partial charge in [0.25, 0.3) is 0 Å². The molecule has 12 heteroatoms. The quantitative estimate of drug-likeness (QED) is 0.152. The number of anilines is 2. The smallest absolute Gasteiger partial charge is 0.399 e. The molecule has 0 spiro atoms. The summed E-state index contributed by atoms with van der Waals surface area (Å²) in [4.78, 5) is 18.2. The normalized spacial score (nSPS) is 11.6. The van der Waals surface area contributed by atoms with E-state index in [-0.39, 0.29) is 5.56 Å². The maximum Gasteiger partial charge on any atom is 0.399 e. The molecule has 0 unspecified atom stereocenters. The molecule has 0 amide bonds. The molecule has 0 aliphatic carbocycles. The standard InChI is InChI=1S/C28H20BrF2N2O5PS/c29-24-14-18(8-9-22(24)16-39(36,37-30)38-31)15-33(26-7-3-5-19-4-1-2-6-23(19)26)28-32-25(17-40-28)20-10-12-21(13-11-20)27(34)35/h1-14,17H,15-16H2,(H,34,35). The summed E-state index contributed by atoms with van der Waals surface area (Å²) in [6, 6.07) is 25.6. The number of aromatic nitrogens is 1. The van der Waals surface area contributed by atoms with Crippen LogP contribution in [0.4, 0.5) is 19.9 Å². The molecule has 0 saturated heterocycles. The zero-order chi connectivity index (χ0) is 28.3. The lowest BCUT2D eigenvalue weighted by Gasteiger charge is -2.24. The number of thiazole rings is 1. The molecule has 204 valence electrons. The van der Waals surface area contributed by atoms with Crippen LogP contribution >= 0.6 is 34.9 Å². The highest BCUT2D eigenvalue weighted by molar-refractivity contribution is 9.10. The summed E-state index contributed by atoms with van der Waals surface area (Å²) in [7, 11) is -4.55. The maximum atomic E-state index is 12.6. The number of benzene rings is 4. The van der Waals surface area contributed by atoms with Gasteiger partial charge in [-0.25, -0.2) is 9.78 Å². The number of carbonyl (C=O) groups is 1. The number of hydrogen-bond donors (Lipinski definition) is 1. The van der Waals surface area contributed by atoms with E-state index in [1.807, 2.05) is 47.8 Å². The van der Waals surface area contributed by atoms with Crippen LogP contribution in [-0.2, 0) is 26.7 Å². The Bertz CT molecular complexity index is 1720. The number of fused-ring (bicyclic) bond motifs is 1. The minimum absolute atomic E-state index is 0.193. The minimum atomic E-state index is -4.55. The van der Waals surface area contributed by atoms with Gasteiger partial charge in [0.05, 0.1) is 29.7 Å². The van der Waals surface area contributed by atoms with E-state index >= 15 is 0 Å². The zero-order valence-corrected chi connectivity index (χ0v) is 23.8. The molecule has 0 fully saturated rings. The van der Waals surface area contributed by atoms with E-state index in [4.69, 9.17) is 4.98 Å². The Morgan fingerprint density at radius 3 is 2.42 bits per heavy atom. The SMILES string of the molecule is O=C(O)c1ccc(-c2csc(N(Cc3ccc(CP(=O)(OF)OF)c(Br)c3)c3cccc4ccccc34)n2)cc1. The van der Waals surface area contributed by atoms with E-state index in [0.717, 1.165) is 27.6 Å². The molecule has 5 rings (SSSR count). The van der Waals surface area contributed by atoms with E-state index in [1.54, 1.807) is 42.5 Å². The molecule has 5 aromatic rings. The largest absolute Gasteiger partial charge is 0.478 e. The Hall–Kier alpha value is -3.47. The van der Waals surface area contributed by atoms with E-state index in [0.29, 0.717) is 27.4 Å². The molecule has 0 radical (unpaired) electrons. The average molecular weight is 645 g/mol. The lowest BCUT2D eigenvalue weighted by Crippen LogP contribution is -2.17. The second-order valence-corrected chi connectivity index (χ2v) is 12.3. The van der Waals surface area contributed by atoms with E-state index in [2.05, 4.69) is 30.3 Å². The van der Waals surface area contributed by atoms with Crippen molar-refractivity contribution in [2.24, 2.45) is 0 Å². The molecular formula is C28H20BrF2N2O5PS. The fourth-order valence-corrected chi connectivity index (χ4v) is 6.71. The van der Waals surface area contributed by atoms with Gasteiger partial charge in [-0.05, 0) is 49.8 Å². The topological polar surface area (TPSA) is 89.0 Å². The molecule has 1 heterocycles. The van der Waals surface area contributed by atoms with Gasteiger partial charge in [-0.3, -0.25) is 4.57 Å². The highest BCUT2D eigenvalue weighted by atomic mass is 79.9. The van der Waals surface area contributed by atoms with Crippen molar-refractivity contribution in [3.8, 4) is 11.3 Å². The van der Waals surface area contributed by atoms with Crippen LogP contribution < -0.4 is 4.90 Å². The van der Waals surface area contributed by atoms with Gasteiger partial charge < -0.3 is 10.0 Å². The van der Waals surface area contributed by atoms with Crippen molar-refractivity contribution in [3.63, 3.8) is 0 Å². The molecule has 1 N–H and O–H groups in total. The van der Waals surface area contributed by atoms with Crippen LogP contribution in [0.15, 0.2) is 94.8 Å². The lowest BCUT2D eigenvalue weighted by atomic mass is 10.1. The van der Waals surface area contributed by atoms with Crippen LogP contribution in [0, 0.1) is 0 Å². The first-order chi connectivity index (χ1) is 19.3. The van der Waals surface area contributed by atoms with Gasteiger partial charge in [0.15, 0.2) is 5.13 Å². The summed E-state index contributed by atoms with van der Waals surface area (Å²) in [5.41, 5.74) is 3.78. The first-order valence-electron chi connectivity index (χ1n) is 11.8. The van der Waals surface area contributed by atoms with Crippen molar-refractivity contribution in [3.05, 3.63) is 111 Å². The van der Waals surface area contributed by atoms with Crippen LogP contribution in [0.25, 0.3) is 22.0 Å². The molecule has 7 nitrogen and oxygen atoms in total. The van der Waals surface area contributed by atoms with E-state index in [1.165, 1.54) is 11.3 Å². The fraction of sp³-hybridized carbons (Fsp3) is 0.0714. The first-order valence-corrected chi connectivity index (χ1v) is 15.2. The van der Waals surface area contributed by atoms with Gasteiger partial charge in [-0.15, -0.1) is 20.8 Å². The number of halogens is 3. The molecule has 4 aromatic carbocycles. The second-order valence-electron chi connectivity index (χ2n) is 8.82. The monoisotopic (exact) mass is 644 g/mol. The van der Waals surface area contributed by atoms with Gasteiger partial charge in [-0.1, -0.05) is 76.6 Å². The van der Waals surface area contributed by atoms with Crippen molar-refractivity contribution in [2.75, 3.05) is 4.90 Å². The zero-order valence-electron chi connectivity index (χ0n) is 20.5. The van der Waals surface area contributed by atoms with Gasteiger partial charge in [0.2, 0.25) is 0 Å². The number of aromatic carboxylic acids is 1. The summed E-state index contributed by atoms with van der Waals surface area (Å²) in [6.07, 6.45) is -0.593. The highest BCUT2D eigenvalue weighted by Gasteiger charge is 2.29. The first kappa shape index (κ1) is 28.1. The molecule has 0 atom stereocenters. The van der Waals surface area contributed by atoms with Crippen LogP contribution in [0.1, 0.15) is 21.5 Å². The number of carboxylic acids is 1. The third kappa shape index (κ3) is 5.99. The number of hydrogen-bond acceptors (Lipinski definition) is 7. The third-order valence-electron chi connectivity index (χ3n) is 6.24. The third-order valence-corrected chi connectivity index (χ3v) is 8.99. The number of nitrogens with zero attached hydrogens (tertiary/aromatic N) is 2. The fourth-order valence-electron chi connectivity index (χ4n) is 4.27. The maximum absolute atomic E-state index is 12.6. The molecule has 1 aromatic heterocycles. The van der Waals surface area contributed by atoms with Crippen molar-refractivity contribution in [1.29, 1.82) is 0 Å². The van der Waals surface area contributed by atoms with Crippen molar-refractivity contribution < 1.29 is 33.0 Å². The number of rotatable bonds is 10. The van der Waals surface area contributed by atoms with Crippen LogP contribution in [0.3, 0.4) is 0 Å². The van der Waals surface area contributed by atoms with Crippen LogP contribution in [0.2, 0.25) is 0 Å². The lowest BCUT2D eigenvalue weighted by molar-refractivity contribution is -0.0881. The second kappa shape index (κ2) is 12.0. The Balaban J connectivity index is 1.53. The molecule has 0 aliphatic heterocycles. The predicted molar refractivity (Wildman–Crippen MR) is 154 cm³/mol. The van der Waals surface area contributed by atoms with E-state index in [9.17, 15) is 23.5 Å². The molecule has 0 bridgehead atoms. The van der Waals surface area contributed by atoms with Gasteiger partial charge in [0, 0.05) is 20.8 Å². The molecular weight excluding hydrogens is 625 g/mol. The Morgan fingerprint density at radius 2 is 1.73 bits per heavy atom. The van der Waals surface area contributed by atoms with Gasteiger partial charge in [0.1, 0.15) is 0 Å². The van der Waals surface area contributed by atoms with Crippen LogP contribution in [-0.4, -0.2) is 16.1 Å². The molecule has 40 heavy (non-hydrogen) atoms.